The fourth-order valence-electron chi connectivity index (χ4n) is 2.88. The van der Waals surface area contributed by atoms with Crippen LogP contribution in [0.25, 0.3) is 0 Å². The van der Waals surface area contributed by atoms with Gasteiger partial charge in [-0.05, 0) is 82.9 Å². The summed E-state index contributed by atoms with van der Waals surface area (Å²) >= 11 is 0. The third-order valence-corrected chi connectivity index (χ3v) is 4.40. The highest BCUT2D eigenvalue weighted by Crippen LogP contribution is 2.31. The van der Waals surface area contributed by atoms with Gasteiger partial charge in [0.15, 0.2) is 0 Å². The van der Waals surface area contributed by atoms with Gasteiger partial charge in [-0.15, -0.1) is 0 Å². The number of aryl methyl sites for hydroxylation is 1. The normalized spacial score (nSPS) is 18.6. The Hall–Kier alpha value is -1.06. The van der Waals surface area contributed by atoms with Crippen molar-refractivity contribution in [2.45, 2.75) is 51.6 Å². The largest absolute Gasteiger partial charge is 0.508 e. The van der Waals surface area contributed by atoms with Crippen LogP contribution in [0, 0.1) is 0 Å². The first-order valence-corrected chi connectivity index (χ1v) is 7.83. The molecule has 0 heterocycles. The molecule has 3 nitrogen and oxygen atoms in total. The Morgan fingerprint density at radius 1 is 1.40 bits per heavy atom. The number of aromatic hydroxyl groups is 1. The summed E-state index contributed by atoms with van der Waals surface area (Å²) in [4.78, 5) is 2.38. The Morgan fingerprint density at radius 3 is 2.95 bits per heavy atom. The summed E-state index contributed by atoms with van der Waals surface area (Å²) in [6, 6.07) is 6.90. The van der Waals surface area contributed by atoms with Gasteiger partial charge in [0, 0.05) is 12.1 Å². The summed E-state index contributed by atoms with van der Waals surface area (Å²) in [5.41, 5.74) is 2.69. The summed E-state index contributed by atoms with van der Waals surface area (Å²) in [6.45, 7) is 6.66. The van der Waals surface area contributed by atoms with Crippen LogP contribution in [0.15, 0.2) is 18.2 Å². The van der Waals surface area contributed by atoms with Gasteiger partial charge < -0.3 is 15.3 Å². The lowest BCUT2D eigenvalue weighted by molar-refractivity contribution is 0.267. The number of nitrogens with zero attached hydrogens (tertiary/aromatic N) is 1. The Bertz CT molecular complexity index is 431. The van der Waals surface area contributed by atoms with Gasteiger partial charge in [0.25, 0.3) is 0 Å². The van der Waals surface area contributed by atoms with Crippen LogP contribution in [0.2, 0.25) is 0 Å². The standard InChI is InChI=1S/C17H28N2O/c1-13(2)19(3)11-5-10-18-17-7-4-6-14-12-15(20)8-9-16(14)17/h8-9,12-13,17-18,20H,4-7,10-11H2,1-3H3. The first-order valence-electron chi connectivity index (χ1n) is 7.83. The number of phenolic OH excluding ortho intramolecular Hbond substituents is 1. The molecule has 0 bridgehead atoms. The highest BCUT2D eigenvalue weighted by atomic mass is 16.3. The summed E-state index contributed by atoms with van der Waals surface area (Å²) in [5.74, 6) is 0.392. The summed E-state index contributed by atoms with van der Waals surface area (Å²) in [7, 11) is 2.18. The zero-order valence-corrected chi connectivity index (χ0v) is 13.0. The lowest BCUT2D eigenvalue weighted by Crippen LogP contribution is -2.31. The van der Waals surface area contributed by atoms with Gasteiger partial charge in [-0.1, -0.05) is 6.07 Å². The molecule has 3 heteroatoms. The molecule has 0 radical (unpaired) electrons. The molecule has 1 aliphatic rings. The maximum absolute atomic E-state index is 9.58. The maximum Gasteiger partial charge on any atom is 0.115 e. The van der Waals surface area contributed by atoms with E-state index in [-0.39, 0.29) is 0 Å². The molecule has 0 fully saturated rings. The van der Waals surface area contributed by atoms with E-state index in [4.69, 9.17) is 0 Å². The molecule has 2 rings (SSSR count). The molecule has 0 amide bonds. The van der Waals surface area contributed by atoms with Crippen LogP contribution in [0.3, 0.4) is 0 Å². The van der Waals surface area contributed by atoms with E-state index in [9.17, 15) is 5.11 Å². The SMILES string of the molecule is CC(C)N(C)CCCNC1CCCc2cc(O)ccc21. The number of fused-ring (bicyclic) bond motifs is 1. The second-order valence-electron chi connectivity index (χ2n) is 6.21. The van der Waals surface area contributed by atoms with Gasteiger partial charge in [-0.3, -0.25) is 0 Å². The average Bonchev–Trinajstić information content (AvgIpc) is 2.42. The molecule has 0 aliphatic heterocycles. The van der Waals surface area contributed by atoms with E-state index in [0.717, 1.165) is 19.5 Å². The first kappa shape index (κ1) is 15.3. The maximum atomic E-state index is 9.58. The molecule has 0 saturated carbocycles. The Balaban J connectivity index is 1.83. The van der Waals surface area contributed by atoms with Crippen LogP contribution in [-0.2, 0) is 6.42 Å². The minimum absolute atomic E-state index is 0.392. The smallest absolute Gasteiger partial charge is 0.115 e. The van der Waals surface area contributed by atoms with Gasteiger partial charge >= 0.3 is 0 Å². The predicted octanol–water partition coefficient (Wildman–Crippen LogP) is 3.09. The number of benzene rings is 1. The number of rotatable bonds is 6. The van der Waals surface area contributed by atoms with E-state index in [1.54, 1.807) is 0 Å². The minimum atomic E-state index is 0.392. The molecular weight excluding hydrogens is 248 g/mol. The topological polar surface area (TPSA) is 35.5 Å². The number of nitrogens with one attached hydrogen (secondary N) is 1. The van der Waals surface area contributed by atoms with Crippen molar-refractivity contribution >= 4 is 0 Å². The highest BCUT2D eigenvalue weighted by Gasteiger charge is 2.19. The van der Waals surface area contributed by atoms with Crippen LogP contribution in [0.5, 0.6) is 5.75 Å². The van der Waals surface area contributed by atoms with Gasteiger partial charge in [-0.25, -0.2) is 0 Å². The molecule has 1 aromatic rings. The van der Waals surface area contributed by atoms with Gasteiger partial charge in [0.2, 0.25) is 0 Å². The van der Waals surface area contributed by atoms with E-state index >= 15 is 0 Å². The van der Waals surface area contributed by atoms with Crippen molar-refractivity contribution in [1.82, 2.24) is 10.2 Å². The second-order valence-corrected chi connectivity index (χ2v) is 6.21. The average molecular weight is 276 g/mol. The van der Waals surface area contributed by atoms with Crippen LogP contribution in [0.4, 0.5) is 0 Å². The van der Waals surface area contributed by atoms with Crippen molar-refractivity contribution in [3.63, 3.8) is 0 Å². The fourth-order valence-corrected chi connectivity index (χ4v) is 2.88. The molecule has 0 aromatic heterocycles. The van der Waals surface area contributed by atoms with E-state index in [2.05, 4.69) is 37.2 Å². The monoisotopic (exact) mass is 276 g/mol. The highest BCUT2D eigenvalue weighted by molar-refractivity contribution is 5.38. The van der Waals surface area contributed by atoms with Crippen LogP contribution in [-0.4, -0.2) is 36.2 Å². The molecule has 112 valence electrons. The van der Waals surface area contributed by atoms with E-state index < -0.39 is 0 Å². The molecule has 1 atom stereocenters. The Kier molecular flexibility index (Phi) is 5.44. The Morgan fingerprint density at radius 2 is 2.20 bits per heavy atom. The molecule has 2 N–H and O–H groups in total. The van der Waals surface area contributed by atoms with E-state index in [1.165, 1.54) is 30.4 Å². The van der Waals surface area contributed by atoms with E-state index in [1.807, 2.05) is 12.1 Å². The van der Waals surface area contributed by atoms with Gasteiger partial charge in [-0.2, -0.15) is 0 Å². The fraction of sp³-hybridized carbons (Fsp3) is 0.647. The summed E-state index contributed by atoms with van der Waals surface area (Å²) in [5, 5.41) is 13.3. The third kappa shape index (κ3) is 3.97. The number of hydrogen-bond acceptors (Lipinski definition) is 3. The number of hydrogen-bond donors (Lipinski definition) is 2. The van der Waals surface area contributed by atoms with Crippen LogP contribution < -0.4 is 5.32 Å². The quantitative estimate of drug-likeness (QED) is 0.784. The van der Waals surface area contributed by atoms with Crippen LogP contribution in [0.1, 0.15) is 50.3 Å². The van der Waals surface area contributed by atoms with Crippen molar-refractivity contribution in [3.05, 3.63) is 29.3 Å². The van der Waals surface area contributed by atoms with Crippen LogP contribution >= 0.6 is 0 Å². The second kappa shape index (κ2) is 7.09. The van der Waals surface area contributed by atoms with Crippen molar-refractivity contribution in [2.75, 3.05) is 20.1 Å². The molecular formula is C17H28N2O. The van der Waals surface area contributed by atoms with Gasteiger partial charge in [0.1, 0.15) is 5.75 Å². The first-order chi connectivity index (χ1) is 9.58. The molecule has 1 unspecified atom stereocenters. The summed E-state index contributed by atoms with van der Waals surface area (Å²) < 4.78 is 0. The molecule has 0 spiro atoms. The predicted molar refractivity (Wildman–Crippen MR) is 84.2 cm³/mol. The van der Waals surface area contributed by atoms with Crippen molar-refractivity contribution < 1.29 is 5.11 Å². The lowest BCUT2D eigenvalue weighted by Gasteiger charge is -2.27. The minimum Gasteiger partial charge on any atom is -0.508 e. The van der Waals surface area contributed by atoms with E-state index in [0.29, 0.717) is 17.8 Å². The molecule has 20 heavy (non-hydrogen) atoms. The van der Waals surface area contributed by atoms with Crippen molar-refractivity contribution in [2.24, 2.45) is 0 Å². The van der Waals surface area contributed by atoms with Crippen molar-refractivity contribution in [1.29, 1.82) is 0 Å². The molecule has 0 saturated heterocycles. The summed E-state index contributed by atoms with van der Waals surface area (Å²) in [6.07, 6.45) is 4.69. The molecule has 1 aromatic carbocycles. The third-order valence-electron chi connectivity index (χ3n) is 4.40. The Labute approximate surface area is 123 Å². The van der Waals surface area contributed by atoms with Crippen molar-refractivity contribution in [3.8, 4) is 5.75 Å². The van der Waals surface area contributed by atoms with Gasteiger partial charge in [0.05, 0.1) is 0 Å². The zero-order chi connectivity index (χ0) is 14.5. The lowest BCUT2D eigenvalue weighted by atomic mass is 9.87. The zero-order valence-electron chi connectivity index (χ0n) is 13.0. The number of phenols is 1. The molecule has 1 aliphatic carbocycles.